The van der Waals surface area contributed by atoms with Gasteiger partial charge in [0.05, 0.1) is 12.5 Å². The van der Waals surface area contributed by atoms with Crippen molar-refractivity contribution in [3.05, 3.63) is 28.3 Å². The summed E-state index contributed by atoms with van der Waals surface area (Å²) in [5.41, 5.74) is 4.95. The van der Waals surface area contributed by atoms with E-state index in [1.54, 1.807) is 0 Å². The molecule has 1 aromatic carbocycles. The summed E-state index contributed by atoms with van der Waals surface area (Å²) in [6.07, 6.45) is 2.26. The molecule has 0 aromatic heterocycles. The zero-order chi connectivity index (χ0) is 19.3. The number of aliphatic hydroxyl groups is 1. The van der Waals surface area contributed by atoms with E-state index < -0.39 is 6.10 Å². The summed E-state index contributed by atoms with van der Waals surface area (Å²) >= 11 is 0. The molecule has 1 fully saturated rings. The first-order valence-electron chi connectivity index (χ1n) is 9.68. The average Bonchev–Trinajstić information content (AvgIpc) is 2.80. The lowest BCUT2D eigenvalue weighted by Crippen LogP contribution is -2.33. The molecule has 2 atom stereocenters. The van der Waals surface area contributed by atoms with E-state index in [2.05, 4.69) is 47.6 Å². The Kier molecular flexibility index (Phi) is 4.85. The van der Waals surface area contributed by atoms with Crippen molar-refractivity contribution in [1.29, 1.82) is 0 Å². The number of carbonyl (C=O) groups excluding carboxylic acids is 1. The second-order valence-corrected chi connectivity index (χ2v) is 9.56. The molecule has 4 nitrogen and oxygen atoms in total. The number of benzene rings is 1. The average molecular weight is 360 g/mol. The van der Waals surface area contributed by atoms with Gasteiger partial charge in [0.2, 0.25) is 0 Å². The lowest BCUT2D eigenvalue weighted by molar-refractivity contribution is -0.160. The highest BCUT2D eigenvalue weighted by Gasteiger charge is 2.36. The normalized spacial score (nSPS) is 24.8. The second-order valence-electron chi connectivity index (χ2n) is 9.56. The largest absolute Gasteiger partial charge is 0.487 e. The Morgan fingerprint density at radius 2 is 2.00 bits per heavy atom. The third-order valence-electron chi connectivity index (χ3n) is 5.45. The van der Waals surface area contributed by atoms with Gasteiger partial charge in [-0.15, -0.1) is 0 Å². The highest BCUT2D eigenvalue weighted by Crippen LogP contribution is 2.44. The molecule has 1 aromatic rings. The van der Waals surface area contributed by atoms with Gasteiger partial charge in [0.25, 0.3) is 0 Å². The summed E-state index contributed by atoms with van der Waals surface area (Å²) in [6.45, 7) is 13.1. The maximum atomic E-state index is 11.6. The van der Waals surface area contributed by atoms with Crippen LogP contribution in [0.4, 0.5) is 0 Å². The van der Waals surface area contributed by atoms with Crippen LogP contribution in [0.5, 0.6) is 5.75 Å². The summed E-state index contributed by atoms with van der Waals surface area (Å²) in [7, 11) is 0. The fourth-order valence-electron chi connectivity index (χ4n) is 4.22. The Labute approximate surface area is 156 Å². The van der Waals surface area contributed by atoms with E-state index in [1.165, 1.54) is 22.3 Å². The Morgan fingerprint density at radius 3 is 2.62 bits per heavy atom. The second kappa shape index (κ2) is 6.56. The number of carbonyl (C=O) groups is 1. The van der Waals surface area contributed by atoms with Crippen LogP contribution in [0.2, 0.25) is 0 Å². The first-order valence-corrected chi connectivity index (χ1v) is 9.68. The Balaban J connectivity index is 1.92. The molecule has 2 heterocycles. The van der Waals surface area contributed by atoms with Crippen LogP contribution in [-0.4, -0.2) is 28.9 Å². The lowest BCUT2D eigenvalue weighted by atomic mass is 9.79. The van der Waals surface area contributed by atoms with E-state index in [9.17, 15) is 9.90 Å². The highest BCUT2D eigenvalue weighted by atomic mass is 16.5. The van der Waals surface area contributed by atoms with Crippen LogP contribution in [-0.2, 0) is 27.8 Å². The van der Waals surface area contributed by atoms with Crippen LogP contribution in [0.15, 0.2) is 6.07 Å². The number of fused-ring (bicyclic) bond motifs is 1. The molecule has 2 unspecified atom stereocenters. The van der Waals surface area contributed by atoms with Gasteiger partial charge in [-0.25, -0.2) is 0 Å². The summed E-state index contributed by atoms with van der Waals surface area (Å²) in [6, 6.07) is 2.31. The van der Waals surface area contributed by atoms with Crippen LogP contribution in [0.25, 0.3) is 0 Å². The molecule has 1 N–H and O–H groups in total. The number of aryl methyl sites for hydroxylation is 1. The van der Waals surface area contributed by atoms with Crippen LogP contribution < -0.4 is 4.74 Å². The van der Waals surface area contributed by atoms with Crippen molar-refractivity contribution in [3.63, 3.8) is 0 Å². The van der Waals surface area contributed by atoms with Gasteiger partial charge in [0.1, 0.15) is 17.5 Å². The smallest absolute Gasteiger partial charge is 0.308 e. The van der Waals surface area contributed by atoms with Crippen molar-refractivity contribution < 1.29 is 19.4 Å². The van der Waals surface area contributed by atoms with E-state index >= 15 is 0 Å². The van der Waals surface area contributed by atoms with Gasteiger partial charge in [-0.05, 0) is 55.7 Å². The number of hydrogen-bond donors (Lipinski definition) is 1. The third-order valence-corrected chi connectivity index (χ3v) is 5.45. The molecular formula is C22H32O4. The molecule has 2 aliphatic rings. The quantitative estimate of drug-likeness (QED) is 0.828. The van der Waals surface area contributed by atoms with Crippen molar-refractivity contribution in [3.8, 4) is 5.75 Å². The molecule has 26 heavy (non-hydrogen) atoms. The maximum absolute atomic E-state index is 11.6. The molecular weight excluding hydrogens is 328 g/mol. The van der Waals surface area contributed by atoms with Crippen molar-refractivity contribution in [2.45, 2.75) is 96.9 Å². The van der Waals surface area contributed by atoms with Crippen molar-refractivity contribution in [2.75, 3.05) is 0 Å². The Bertz CT molecular complexity index is 712. The SMILES string of the molecule is Cc1cc(C(C)(C)C)c(CCC2CC(O)CC(=O)O2)c2c1CC(C)(C)O2. The first-order chi connectivity index (χ1) is 12.0. The predicted molar refractivity (Wildman–Crippen MR) is 102 cm³/mol. The Hall–Kier alpha value is -1.55. The number of hydrogen-bond acceptors (Lipinski definition) is 4. The first kappa shape index (κ1) is 19.2. The molecule has 0 bridgehead atoms. The molecule has 1 saturated heterocycles. The van der Waals surface area contributed by atoms with Gasteiger partial charge in [0.15, 0.2) is 0 Å². The minimum atomic E-state index is -0.581. The molecule has 2 aliphatic heterocycles. The number of rotatable bonds is 3. The number of esters is 1. The van der Waals surface area contributed by atoms with Crippen LogP contribution >= 0.6 is 0 Å². The van der Waals surface area contributed by atoms with Crippen molar-refractivity contribution in [2.24, 2.45) is 0 Å². The van der Waals surface area contributed by atoms with Gasteiger partial charge in [0, 0.05) is 18.4 Å². The molecule has 144 valence electrons. The van der Waals surface area contributed by atoms with Gasteiger partial charge in [-0.3, -0.25) is 4.79 Å². The number of ether oxygens (including phenoxy) is 2. The highest BCUT2D eigenvalue weighted by molar-refractivity contribution is 5.71. The fourth-order valence-corrected chi connectivity index (χ4v) is 4.22. The van der Waals surface area contributed by atoms with Crippen LogP contribution in [0, 0.1) is 6.92 Å². The van der Waals surface area contributed by atoms with E-state index in [0.717, 1.165) is 18.6 Å². The molecule has 0 aliphatic carbocycles. The number of cyclic esters (lactones) is 1. The molecule has 0 spiro atoms. The van der Waals surface area contributed by atoms with E-state index in [0.29, 0.717) is 12.8 Å². The standard InChI is InChI=1S/C22H32O4/c1-13-9-18(21(2,3)4)16(20-17(13)12-22(5,6)26-20)8-7-15-10-14(23)11-19(24)25-15/h9,14-15,23H,7-8,10-12H2,1-6H3. The van der Waals surface area contributed by atoms with E-state index in [4.69, 9.17) is 9.47 Å². The van der Waals surface area contributed by atoms with E-state index in [1.807, 2.05) is 0 Å². The van der Waals surface area contributed by atoms with Gasteiger partial charge in [-0.1, -0.05) is 26.8 Å². The molecule has 3 rings (SSSR count). The van der Waals surface area contributed by atoms with Crippen LogP contribution in [0.3, 0.4) is 0 Å². The zero-order valence-electron chi connectivity index (χ0n) is 16.9. The predicted octanol–water partition coefficient (Wildman–Crippen LogP) is 4.01. The lowest BCUT2D eigenvalue weighted by Gasteiger charge is -2.29. The van der Waals surface area contributed by atoms with Gasteiger partial charge < -0.3 is 14.6 Å². The number of aliphatic hydroxyl groups excluding tert-OH is 1. The van der Waals surface area contributed by atoms with Gasteiger partial charge >= 0.3 is 5.97 Å². The monoisotopic (exact) mass is 360 g/mol. The van der Waals surface area contributed by atoms with Crippen LogP contribution in [0.1, 0.15) is 76.1 Å². The molecule has 0 radical (unpaired) electrons. The summed E-state index contributed by atoms with van der Waals surface area (Å²) in [4.78, 5) is 11.6. The van der Waals surface area contributed by atoms with E-state index in [-0.39, 0.29) is 29.5 Å². The minimum absolute atomic E-state index is 0.00791. The zero-order valence-corrected chi connectivity index (χ0v) is 16.9. The minimum Gasteiger partial charge on any atom is -0.487 e. The third kappa shape index (κ3) is 3.90. The summed E-state index contributed by atoms with van der Waals surface area (Å²) < 4.78 is 11.8. The molecule has 0 amide bonds. The topological polar surface area (TPSA) is 55.8 Å². The maximum Gasteiger partial charge on any atom is 0.308 e. The molecule has 4 heteroatoms. The summed E-state index contributed by atoms with van der Waals surface area (Å²) in [5, 5.41) is 9.87. The fraction of sp³-hybridized carbons (Fsp3) is 0.682. The molecule has 0 saturated carbocycles. The Morgan fingerprint density at radius 1 is 1.31 bits per heavy atom. The summed E-state index contributed by atoms with van der Waals surface area (Å²) in [5.74, 6) is 0.735. The van der Waals surface area contributed by atoms with Crippen molar-refractivity contribution >= 4 is 5.97 Å². The van der Waals surface area contributed by atoms with Gasteiger partial charge in [-0.2, -0.15) is 0 Å². The van der Waals surface area contributed by atoms with Crippen molar-refractivity contribution in [1.82, 2.24) is 0 Å².